The molecular weight excluding hydrogens is 439 g/mol. The Bertz CT molecular complexity index is 1240. The second-order valence-corrected chi connectivity index (χ2v) is 8.34. The van der Waals surface area contributed by atoms with Crippen molar-refractivity contribution in [2.75, 3.05) is 7.11 Å². The van der Waals surface area contributed by atoms with E-state index in [0.717, 1.165) is 16.8 Å². The van der Waals surface area contributed by atoms with Crippen LogP contribution in [0.15, 0.2) is 78.0 Å². The molecule has 0 fully saturated rings. The zero-order chi connectivity index (χ0) is 23.2. The van der Waals surface area contributed by atoms with E-state index in [9.17, 15) is 9.18 Å². The molecule has 0 spiro atoms. The molecule has 0 aliphatic rings. The van der Waals surface area contributed by atoms with Gasteiger partial charge in [-0.05, 0) is 66.6 Å². The molecule has 1 amide bonds. The number of halogens is 1. The minimum Gasteiger partial charge on any atom is -0.497 e. The van der Waals surface area contributed by atoms with Gasteiger partial charge in [-0.25, -0.2) is 4.39 Å². The Labute approximate surface area is 195 Å². The van der Waals surface area contributed by atoms with Crippen molar-refractivity contribution < 1.29 is 13.9 Å². The van der Waals surface area contributed by atoms with Gasteiger partial charge in [0, 0.05) is 17.0 Å². The Kier molecular flexibility index (Phi) is 7.04. The lowest BCUT2D eigenvalue weighted by atomic mass is 10.2. The Morgan fingerprint density at radius 1 is 1.06 bits per heavy atom. The van der Waals surface area contributed by atoms with Crippen LogP contribution >= 0.6 is 11.8 Å². The monoisotopic (exact) mass is 462 g/mol. The van der Waals surface area contributed by atoms with Crippen LogP contribution in [0.4, 0.5) is 4.39 Å². The Morgan fingerprint density at radius 3 is 2.52 bits per heavy atom. The lowest BCUT2D eigenvalue weighted by Gasteiger charge is -2.12. The van der Waals surface area contributed by atoms with Gasteiger partial charge in [0.15, 0.2) is 11.0 Å². The maximum Gasteiger partial charge on any atom is 0.251 e. The molecule has 0 bridgehead atoms. The molecule has 1 heterocycles. The van der Waals surface area contributed by atoms with Crippen LogP contribution in [-0.2, 0) is 12.3 Å². The summed E-state index contributed by atoms with van der Waals surface area (Å²) in [5.74, 6) is 1.44. The molecule has 0 saturated heterocycles. The number of carbonyl (C=O) groups excluding carboxylic acids is 1. The summed E-state index contributed by atoms with van der Waals surface area (Å²) < 4.78 is 20.3. The third-order valence-electron chi connectivity index (χ3n) is 5.00. The molecule has 168 valence electrons. The van der Waals surface area contributed by atoms with Gasteiger partial charge in [-0.15, -0.1) is 10.2 Å². The number of thioether (sulfide) groups is 1. The van der Waals surface area contributed by atoms with Crippen LogP contribution in [0, 0.1) is 12.7 Å². The fourth-order valence-electron chi connectivity index (χ4n) is 3.27. The van der Waals surface area contributed by atoms with Gasteiger partial charge in [-0.1, -0.05) is 36.0 Å². The molecule has 0 radical (unpaired) electrons. The smallest absolute Gasteiger partial charge is 0.251 e. The van der Waals surface area contributed by atoms with E-state index in [-0.39, 0.29) is 18.3 Å². The predicted molar refractivity (Wildman–Crippen MR) is 126 cm³/mol. The van der Waals surface area contributed by atoms with Crippen molar-refractivity contribution in [1.29, 1.82) is 0 Å². The third-order valence-corrected chi connectivity index (χ3v) is 6.00. The highest BCUT2D eigenvalue weighted by Crippen LogP contribution is 2.26. The summed E-state index contributed by atoms with van der Waals surface area (Å²) in [4.78, 5) is 12.6. The maximum atomic E-state index is 13.2. The summed E-state index contributed by atoms with van der Waals surface area (Å²) in [6, 6.07) is 21.3. The van der Waals surface area contributed by atoms with Gasteiger partial charge >= 0.3 is 0 Å². The fourth-order valence-corrected chi connectivity index (χ4v) is 4.19. The summed E-state index contributed by atoms with van der Waals surface area (Å²) in [6.07, 6.45) is 0. The van der Waals surface area contributed by atoms with Crippen molar-refractivity contribution in [3.8, 4) is 11.4 Å². The number of amides is 1. The molecular formula is C25H23FN4O2S. The van der Waals surface area contributed by atoms with E-state index >= 15 is 0 Å². The highest BCUT2D eigenvalue weighted by molar-refractivity contribution is 7.98. The van der Waals surface area contributed by atoms with Gasteiger partial charge in [0.25, 0.3) is 5.91 Å². The lowest BCUT2D eigenvalue weighted by molar-refractivity contribution is 0.0949. The quantitative estimate of drug-likeness (QED) is 0.376. The van der Waals surface area contributed by atoms with Crippen molar-refractivity contribution >= 4 is 17.7 Å². The molecule has 6 nitrogen and oxygen atoms in total. The predicted octanol–water partition coefficient (Wildman–Crippen LogP) is 4.95. The number of methoxy groups -OCH3 is 1. The zero-order valence-corrected chi connectivity index (χ0v) is 19.1. The fraction of sp³-hybridized carbons (Fsp3) is 0.160. The van der Waals surface area contributed by atoms with Gasteiger partial charge in [-0.3, -0.25) is 9.36 Å². The number of carbonyl (C=O) groups is 1. The van der Waals surface area contributed by atoms with Gasteiger partial charge in [0.2, 0.25) is 0 Å². The second-order valence-electron chi connectivity index (χ2n) is 7.40. The molecule has 0 saturated carbocycles. The molecule has 3 aromatic carbocycles. The lowest BCUT2D eigenvalue weighted by Crippen LogP contribution is -2.24. The van der Waals surface area contributed by atoms with Crippen LogP contribution in [0.25, 0.3) is 5.69 Å². The number of aryl methyl sites for hydroxylation is 1. The first-order valence-electron chi connectivity index (χ1n) is 10.3. The Morgan fingerprint density at radius 2 is 1.82 bits per heavy atom. The molecule has 1 N–H and O–H groups in total. The Balaban J connectivity index is 1.55. The van der Waals surface area contributed by atoms with Crippen molar-refractivity contribution in [1.82, 2.24) is 20.1 Å². The number of benzene rings is 3. The third kappa shape index (κ3) is 5.59. The minimum atomic E-state index is -0.262. The van der Waals surface area contributed by atoms with E-state index < -0.39 is 0 Å². The first kappa shape index (κ1) is 22.5. The summed E-state index contributed by atoms with van der Waals surface area (Å²) >= 11 is 1.50. The SMILES string of the molecule is COc1ccc(C(=O)NCc2nnc(SCc3ccc(F)cc3)n2-c2cccc(C)c2)cc1. The molecule has 0 aliphatic heterocycles. The molecule has 0 aliphatic carbocycles. The molecule has 8 heteroatoms. The topological polar surface area (TPSA) is 69.0 Å². The van der Waals surface area contributed by atoms with Gasteiger partial charge in [0.1, 0.15) is 11.6 Å². The number of nitrogens with one attached hydrogen (secondary N) is 1. The van der Waals surface area contributed by atoms with Crippen molar-refractivity contribution in [2.45, 2.75) is 24.4 Å². The highest BCUT2D eigenvalue weighted by Gasteiger charge is 2.16. The van der Waals surface area contributed by atoms with Crippen LogP contribution in [0.1, 0.15) is 27.3 Å². The normalized spacial score (nSPS) is 10.8. The molecule has 33 heavy (non-hydrogen) atoms. The van der Waals surface area contributed by atoms with Crippen molar-refractivity contribution in [2.24, 2.45) is 0 Å². The number of aromatic nitrogens is 3. The van der Waals surface area contributed by atoms with E-state index in [1.165, 1.54) is 23.9 Å². The van der Waals surface area contributed by atoms with Gasteiger partial charge in [-0.2, -0.15) is 0 Å². The minimum absolute atomic E-state index is 0.211. The first-order valence-corrected chi connectivity index (χ1v) is 11.3. The van der Waals surface area contributed by atoms with E-state index in [0.29, 0.717) is 28.0 Å². The van der Waals surface area contributed by atoms with E-state index in [1.54, 1.807) is 43.5 Å². The summed E-state index contributed by atoms with van der Waals surface area (Å²) in [6.45, 7) is 2.23. The molecule has 0 atom stereocenters. The molecule has 1 aromatic heterocycles. The van der Waals surface area contributed by atoms with Crippen LogP contribution in [0.2, 0.25) is 0 Å². The number of ether oxygens (including phenoxy) is 1. The van der Waals surface area contributed by atoms with Crippen molar-refractivity contribution in [3.05, 3.63) is 101 Å². The van der Waals surface area contributed by atoms with Crippen molar-refractivity contribution in [3.63, 3.8) is 0 Å². The van der Waals surface area contributed by atoms with Crippen LogP contribution in [0.3, 0.4) is 0 Å². The van der Waals surface area contributed by atoms with E-state index in [1.807, 2.05) is 35.8 Å². The summed E-state index contributed by atoms with van der Waals surface area (Å²) in [5.41, 5.74) is 3.53. The van der Waals surface area contributed by atoms with Gasteiger partial charge in [0.05, 0.1) is 13.7 Å². The second kappa shape index (κ2) is 10.3. The summed E-state index contributed by atoms with van der Waals surface area (Å²) in [7, 11) is 1.58. The van der Waals surface area contributed by atoms with E-state index in [2.05, 4.69) is 15.5 Å². The first-order chi connectivity index (χ1) is 16.0. The average molecular weight is 463 g/mol. The number of hydrogen-bond donors (Lipinski definition) is 1. The maximum absolute atomic E-state index is 13.2. The Hall–Kier alpha value is -3.65. The molecule has 4 aromatic rings. The zero-order valence-electron chi connectivity index (χ0n) is 18.3. The van der Waals surface area contributed by atoms with E-state index in [4.69, 9.17) is 4.74 Å². The number of rotatable bonds is 8. The van der Waals surface area contributed by atoms with Gasteiger partial charge < -0.3 is 10.1 Å². The average Bonchev–Trinajstić information content (AvgIpc) is 3.25. The number of hydrogen-bond acceptors (Lipinski definition) is 5. The molecule has 0 unspecified atom stereocenters. The molecule has 4 rings (SSSR count). The van der Waals surface area contributed by atoms with Crippen LogP contribution in [0.5, 0.6) is 5.75 Å². The highest BCUT2D eigenvalue weighted by atomic mass is 32.2. The van der Waals surface area contributed by atoms with Crippen LogP contribution < -0.4 is 10.1 Å². The van der Waals surface area contributed by atoms with Crippen LogP contribution in [-0.4, -0.2) is 27.8 Å². The number of nitrogens with zero attached hydrogens (tertiary/aromatic N) is 3. The standard InChI is InChI=1S/C25H23FN4O2S/c1-17-4-3-5-21(14-17)30-23(15-27-24(31)19-8-12-22(32-2)13-9-19)28-29-25(30)33-16-18-6-10-20(26)11-7-18/h3-14H,15-16H2,1-2H3,(H,27,31). The largest absolute Gasteiger partial charge is 0.497 e. The summed E-state index contributed by atoms with van der Waals surface area (Å²) in [5, 5.41) is 12.3.